The van der Waals surface area contributed by atoms with Crippen LogP contribution in [0.1, 0.15) is 24.8 Å². The molecule has 0 saturated heterocycles. The number of benzene rings is 1. The van der Waals surface area contributed by atoms with Gasteiger partial charge >= 0.3 is 0 Å². The molecule has 0 fully saturated rings. The van der Waals surface area contributed by atoms with Crippen LogP contribution < -0.4 is 0 Å². The van der Waals surface area contributed by atoms with E-state index in [4.69, 9.17) is 17.1 Å². The number of ketones is 1. The Bertz CT molecular complexity index is 539. The number of rotatable bonds is 6. The number of hydrogen-bond donors (Lipinski definition) is 0. The van der Waals surface area contributed by atoms with Crippen LogP contribution in [-0.4, -0.2) is 17.3 Å². The van der Waals surface area contributed by atoms with Crippen molar-refractivity contribution >= 4 is 23.1 Å². The molecule has 19 heavy (non-hydrogen) atoms. The summed E-state index contributed by atoms with van der Waals surface area (Å²) in [5, 5.41) is 14.5. The summed E-state index contributed by atoms with van der Waals surface area (Å²) in [6, 6.07) is 4.51. The first-order chi connectivity index (χ1) is 8.93. The lowest BCUT2D eigenvalue weighted by Gasteiger charge is -2.14. The van der Waals surface area contributed by atoms with E-state index in [-0.39, 0.29) is 17.9 Å². The van der Waals surface area contributed by atoms with Crippen LogP contribution in [0, 0.1) is 10.1 Å². The van der Waals surface area contributed by atoms with Crippen LogP contribution in [0.4, 0.5) is 5.69 Å². The number of carbonyl (C=O) groups is 1. The number of carbonyl (C=O) groups excluding carboxylic acids is 1. The lowest BCUT2D eigenvalue weighted by atomic mass is 9.93. The van der Waals surface area contributed by atoms with E-state index in [1.807, 2.05) is 0 Å². The van der Waals surface area contributed by atoms with E-state index in [0.29, 0.717) is 10.6 Å². The van der Waals surface area contributed by atoms with Gasteiger partial charge in [-0.25, -0.2) is 0 Å². The van der Waals surface area contributed by atoms with Crippen molar-refractivity contribution in [1.82, 2.24) is 0 Å². The van der Waals surface area contributed by atoms with Crippen molar-refractivity contribution in [2.75, 3.05) is 6.54 Å². The Morgan fingerprint density at radius 2 is 2.32 bits per heavy atom. The van der Waals surface area contributed by atoms with Crippen LogP contribution >= 0.6 is 11.6 Å². The lowest BCUT2D eigenvalue weighted by Crippen LogP contribution is -2.15. The molecule has 0 N–H and O–H groups in total. The predicted octanol–water partition coefficient (Wildman–Crippen LogP) is 3.62. The van der Waals surface area contributed by atoms with Crippen molar-refractivity contribution in [3.63, 3.8) is 0 Å². The van der Waals surface area contributed by atoms with Gasteiger partial charge in [0, 0.05) is 27.0 Å². The van der Waals surface area contributed by atoms with Crippen LogP contribution in [0.25, 0.3) is 10.4 Å². The number of Topliss-reactive ketones (excluding diaryl/α,β-unsaturated/α-hetero) is 1. The molecule has 0 amide bonds. The van der Waals surface area contributed by atoms with Gasteiger partial charge in [0.15, 0.2) is 0 Å². The molecular weight excluding hydrogens is 272 g/mol. The second kappa shape index (κ2) is 6.72. The highest BCUT2D eigenvalue weighted by Gasteiger charge is 2.22. The van der Waals surface area contributed by atoms with Gasteiger partial charge in [0.1, 0.15) is 5.78 Å². The summed E-state index contributed by atoms with van der Waals surface area (Å²) in [6.07, 6.45) is 0.0105. The fourth-order valence-electron chi connectivity index (χ4n) is 1.80. The third kappa shape index (κ3) is 4.57. The zero-order valence-electron chi connectivity index (χ0n) is 10.1. The molecule has 1 aromatic carbocycles. The Hall–Kier alpha value is -2.11. The second-order valence-electron chi connectivity index (χ2n) is 4.01. The highest BCUT2D eigenvalue weighted by molar-refractivity contribution is 6.30. The van der Waals surface area contributed by atoms with Gasteiger partial charge in [0.25, 0.3) is 0 Å². The Kier molecular flexibility index (Phi) is 5.29. The monoisotopic (exact) mass is 282 g/mol. The SMILES string of the molecule is CC(=O)C[C@@H](C[N+](=O)[O-])c1ccc(Cl)cc1N=[N+]=[N-]. The topological polar surface area (TPSA) is 109 Å². The Balaban J connectivity index is 3.23. The first kappa shape index (κ1) is 14.9. The molecule has 0 aromatic heterocycles. The number of nitrogens with zero attached hydrogens (tertiary/aromatic N) is 4. The number of azide groups is 1. The molecule has 0 unspecified atom stereocenters. The van der Waals surface area contributed by atoms with Crippen LogP contribution in [0.2, 0.25) is 5.02 Å². The normalized spacial score (nSPS) is 11.5. The summed E-state index contributed by atoms with van der Waals surface area (Å²) >= 11 is 5.78. The maximum atomic E-state index is 11.2. The largest absolute Gasteiger partial charge is 0.300 e. The first-order valence-corrected chi connectivity index (χ1v) is 5.77. The fourth-order valence-corrected chi connectivity index (χ4v) is 1.96. The molecule has 0 heterocycles. The summed E-state index contributed by atoms with van der Waals surface area (Å²) in [4.78, 5) is 24.0. The summed E-state index contributed by atoms with van der Waals surface area (Å²) in [5.74, 6) is -0.807. The molecular formula is C11H11ClN4O3. The van der Waals surface area contributed by atoms with E-state index in [9.17, 15) is 14.9 Å². The summed E-state index contributed by atoms with van der Waals surface area (Å²) in [6.45, 7) is 0.950. The van der Waals surface area contributed by atoms with Gasteiger partial charge in [-0.1, -0.05) is 22.8 Å². The number of halogens is 1. The predicted molar refractivity (Wildman–Crippen MR) is 70.2 cm³/mol. The van der Waals surface area contributed by atoms with Crippen molar-refractivity contribution in [1.29, 1.82) is 0 Å². The average molecular weight is 283 g/mol. The Morgan fingerprint density at radius 1 is 1.63 bits per heavy atom. The molecule has 7 nitrogen and oxygen atoms in total. The van der Waals surface area contributed by atoms with Crippen molar-refractivity contribution in [2.45, 2.75) is 19.3 Å². The summed E-state index contributed by atoms with van der Waals surface area (Å²) in [5.41, 5.74) is 9.16. The minimum atomic E-state index is -0.634. The van der Waals surface area contributed by atoms with Crippen molar-refractivity contribution in [3.8, 4) is 0 Å². The van der Waals surface area contributed by atoms with E-state index in [0.717, 1.165) is 0 Å². The number of hydrogen-bond acceptors (Lipinski definition) is 4. The van der Waals surface area contributed by atoms with E-state index < -0.39 is 17.4 Å². The van der Waals surface area contributed by atoms with Crippen LogP contribution in [-0.2, 0) is 4.79 Å². The van der Waals surface area contributed by atoms with Crippen molar-refractivity contribution < 1.29 is 9.72 Å². The van der Waals surface area contributed by atoms with Crippen LogP contribution in [0.15, 0.2) is 23.3 Å². The highest BCUT2D eigenvalue weighted by atomic mass is 35.5. The Morgan fingerprint density at radius 3 is 2.84 bits per heavy atom. The lowest BCUT2D eigenvalue weighted by molar-refractivity contribution is -0.483. The quantitative estimate of drug-likeness (QED) is 0.261. The molecule has 100 valence electrons. The molecule has 0 spiro atoms. The van der Waals surface area contributed by atoms with Gasteiger partial charge in [-0.3, -0.25) is 10.1 Å². The maximum Gasteiger partial charge on any atom is 0.211 e. The second-order valence-corrected chi connectivity index (χ2v) is 4.45. The van der Waals surface area contributed by atoms with E-state index >= 15 is 0 Å². The molecule has 0 radical (unpaired) electrons. The number of nitro groups is 1. The maximum absolute atomic E-state index is 11.2. The molecule has 1 rings (SSSR count). The smallest absolute Gasteiger partial charge is 0.211 e. The zero-order chi connectivity index (χ0) is 14.4. The highest BCUT2D eigenvalue weighted by Crippen LogP contribution is 2.32. The van der Waals surface area contributed by atoms with Crippen LogP contribution in [0.3, 0.4) is 0 Å². The molecule has 0 bridgehead atoms. The van der Waals surface area contributed by atoms with Gasteiger partial charge < -0.3 is 4.79 Å². The fraction of sp³-hybridized carbons (Fsp3) is 0.364. The van der Waals surface area contributed by atoms with Gasteiger partial charge in [0.2, 0.25) is 6.54 Å². The zero-order valence-corrected chi connectivity index (χ0v) is 10.9. The minimum Gasteiger partial charge on any atom is -0.300 e. The van der Waals surface area contributed by atoms with E-state index in [1.165, 1.54) is 13.0 Å². The summed E-state index contributed by atoms with van der Waals surface area (Å²) < 4.78 is 0. The molecule has 8 heteroatoms. The standard InChI is InChI=1S/C11H11ClN4O3/c1-7(17)4-8(6-16(18)19)10-3-2-9(12)5-11(10)14-15-13/h2-3,5,8H,4,6H2,1H3/t8-/m0/s1. The van der Waals surface area contributed by atoms with Crippen LogP contribution in [0.5, 0.6) is 0 Å². The first-order valence-electron chi connectivity index (χ1n) is 5.39. The molecule has 1 aromatic rings. The third-order valence-electron chi connectivity index (χ3n) is 2.49. The summed E-state index contributed by atoms with van der Waals surface area (Å²) in [7, 11) is 0. The third-order valence-corrected chi connectivity index (χ3v) is 2.72. The Labute approximate surface area is 114 Å². The average Bonchev–Trinajstić information content (AvgIpc) is 2.27. The molecule has 0 aliphatic rings. The minimum absolute atomic E-state index is 0.0105. The van der Waals surface area contributed by atoms with Gasteiger partial charge in [-0.05, 0) is 30.2 Å². The molecule has 0 aliphatic heterocycles. The van der Waals surface area contributed by atoms with Gasteiger partial charge in [-0.2, -0.15) is 0 Å². The molecule has 0 saturated carbocycles. The molecule has 0 aliphatic carbocycles. The molecule has 1 atom stereocenters. The van der Waals surface area contributed by atoms with E-state index in [1.54, 1.807) is 12.1 Å². The van der Waals surface area contributed by atoms with Crippen molar-refractivity contribution in [2.24, 2.45) is 5.11 Å². The van der Waals surface area contributed by atoms with Crippen molar-refractivity contribution in [3.05, 3.63) is 49.3 Å². The van der Waals surface area contributed by atoms with E-state index in [2.05, 4.69) is 10.0 Å². The van der Waals surface area contributed by atoms with Gasteiger partial charge in [-0.15, -0.1) is 0 Å². The van der Waals surface area contributed by atoms with Gasteiger partial charge in [0.05, 0.1) is 5.92 Å².